The summed E-state index contributed by atoms with van der Waals surface area (Å²) in [7, 11) is 1.69. The Kier molecular flexibility index (Phi) is 7.33. The zero-order chi connectivity index (χ0) is 16.8. The van der Waals surface area contributed by atoms with E-state index < -0.39 is 6.10 Å². The highest BCUT2D eigenvalue weighted by Gasteiger charge is 2.19. The quantitative estimate of drug-likeness (QED) is 0.801. The van der Waals surface area contributed by atoms with Crippen molar-refractivity contribution in [2.45, 2.75) is 58.9 Å². The number of ether oxygens (including phenoxy) is 2. The van der Waals surface area contributed by atoms with E-state index in [0.29, 0.717) is 19.2 Å². The van der Waals surface area contributed by atoms with Crippen LogP contribution in [0.15, 0.2) is 24.3 Å². The van der Waals surface area contributed by atoms with E-state index in [-0.39, 0.29) is 5.60 Å². The Balaban J connectivity index is 2.66. The summed E-state index contributed by atoms with van der Waals surface area (Å²) in [5, 5.41) is 10.2. The second-order valence-electron chi connectivity index (χ2n) is 6.91. The summed E-state index contributed by atoms with van der Waals surface area (Å²) in [6.45, 7) is 11.9. The summed E-state index contributed by atoms with van der Waals surface area (Å²) in [6, 6.07) is 8.33. The van der Waals surface area contributed by atoms with Gasteiger partial charge in [-0.1, -0.05) is 18.2 Å². The number of aliphatic hydroxyl groups is 1. The number of para-hydroxylation sites is 1. The van der Waals surface area contributed by atoms with Crippen molar-refractivity contribution in [1.82, 2.24) is 4.90 Å². The van der Waals surface area contributed by atoms with Gasteiger partial charge in [0.15, 0.2) is 0 Å². The molecule has 0 fully saturated rings. The lowest BCUT2D eigenvalue weighted by atomic mass is 10.1. The van der Waals surface area contributed by atoms with Gasteiger partial charge in [0.2, 0.25) is 0 Å². The van der Waals surface area contributed by atoms with Crippen LogP contribution in [0.4, 0.5) is 0 Å². The zero-order valence-electron chi connectivity index (χ0n) is 14.8. The monoisotopic (exact) mass is 309 g/mol. The van der Waals surface area contributed by atoms with Gasteiger partial charge in [-0.15, -0.1) is 0 Å². The average molecular weight is 309 g/mol. The molecule has 1 N–H and O–H groups in total. The van der Waals surface area contributed by atoms with E-state index in [4.69, 9.17) is 9.47 Å². The lowest BCUT2D eigenvalue weighted by molar-refractivity contribution is -0.0587. The third-order valence-corrected chi connectivity index (χ3v) is 3.45. The molecule has 1 aromatic rings. The Morgan fingerprint density at radius 2 is 1.82 bits per heavy atom. The van der Waals surface area contributed by atoms with Crippen LogP contribution in [0.2, 0.25) is 0 Å². The van der Waals surface area contributed by atoms with E-state index in [2.05, 4.69) is 24.8 Å². The molecule has 0 spiro atoms. The van der Waals surface area contributed by atoms with Crippen LogP contribution in [0, 0.1) is 0 Å². The third-order valence-electron chi connectivity index (χ3n) is 3.45. The minimum Gasteiger partial charge on any atom is -0.496 e. The van der Waals surface area contributed by atoms with Gasteiger partial charge in [0.25, 0.3) is 0 Å². The van der Waals surface area contributed by atoms with Crippen molar-refractivity contribution >= 4 is 0 Å². The summed E-state index contributed by atoms with van der Waals surface area (Å²) in [5.74, 6) is 0.883. The molecule has 22 heavy (non-hydrogen) atoms. The van der Waals surface area contributed by atoms with Crippen LogP contribution in [0.1, 0.15) is 40.2 Å². The second kappa shape index (κ2) is 8.51. The fourth-order valence-electron chi connectivity index (χ4n) is 2.18. The molecule has 0 aliphatic carbocycles. The maximum atomic E-state index is 10.2. The smallest absolute Gasteiger partial charge is 0.123 e. The Hall–Kier alpha value is -1.10. The summed E-state index contributed by atoms with van der Waals surface area (Å²) >= 11 is 0. The number of hydrogen-bond acceptors (Lipinski definition) is 4. The molecule has 0 saturated heterocycles. The van der Waals surface area contributed by atoms with Crippen molar-refractivity contribution in [3.8, 4) is 5.75 Å². The molecule has 1 rings (SSSR count). The standard InChI is InChI=1S/C18H31NO3/c1-14(2)19(12-16(20)13-22-18(3,4)5)11-15-9-7-8-10-17(15)21-6/h7-10,14,16,20H,11-13H2,1-6H3/t16-/m0/s1. The molecule has 0 bridgehead atoms. The number of methoxy groups -OCH3 is 1. The fourth-order valence-corrected chi connectivity index (χ4v) is 2.18. The molecule has 126 valence electrons. The Morgan fingerprint density at radius 1 is 1.18 bits per heavy atom. The van der Waals surface area contributed by atoms with E-state index in [1.807, 2.05) is 39.0 Å². The largest absolute Gasteiger partial charge is 0.496 e. The topological polar surface area (TPSA) is 41.9 Å². The normalized spacial score (nSPS) is 13.7. The minimum atomic E-state index is -0.503. The molecular weight excluding hydrogens is 278 g/mol. The predicted octanol–water partition coefficient (Wildman–Crippen LogP) is 3.08. The van der Waals surface area contributed by atoms with Crippen molar-refractivity contribution < 1.29 is 14.6 Å². The van der Waals surface area contributed by atoms with Gasteiger partial charge in [0, 0.05) is 24.7 Å². The molecule has 0 aliphatic rings. The van der Waals surface area contributed by atoms with E-state index in [1.54, 1.807) is 7.11 Å². The number of rotatable bonds is 8. The predicted molar refractivity (Wildman–Crippen MR) is 90.3 cm³/mol. The van der Waals surface area contributed by atoms with Gasteiger partial charge in [-0.05, 0) is 40.7 Å². The van der Waals surface area contributed by atoms with Crippen molar-refractivity contribution in [2.75, 3.05) is 20.3 Å². The van der Waals surface area contributed by atoms with Gasteiger partial charge < -0.3 is 14.6 Å². The minimum absolute atomic E-state index is 0.230. The van der Waals surface area contributed by atoms with Crippen LogP contribution in [0.5, 0.6) is 5.75 Å². The van der Waals surface area contributed by atoms with Crippen molar-refractivity contribution in [1.29, 1.82) is 0 Å². The molecule has 0 radical (unpaired) electrons. The Bertz CT molecular complexity index is 440. The van der Waals surface area contributed by atoms with E-state index >= 15 is 0 Å². The highest BCUT2D eigenvalue weighted by molar-refractivity contribution is 5.33. The van der Waals surface area contributed by atoms with E-state index in [9.17, 15) is 5.11 Å². The van der Waals surface area contributed by atoms with Gasteiger partial charge in [0.05, 0.1) is 25.4 Å². The lowest BCUT2D eigenvalue weighted by Gasteiger charge is -2.30. The first-order chi connectivity index (χ1) is 10.2. The molecule has 0 unspecified atom stereocenters. The molecule has 1 atom stereocenters. The van der Waals surface area contributed by atoms with E-state index in [0.717, 1.165) is 17.9 Å². The van der Waals surface area contributed by atoms with Gasteiger partial charge >= 0.3 is 0 Å². The van der Waals surface area contributed by atoms with Crippen molar-refractivity contribution in [2.24, 2.45) is 0 Å². The number of hydrogen-bond donors (Lipinski definition) is 1. The first-order valence-electron chi connectivity index (χ1n) is 7.91. The summed E-state index contributed by atoms with van der Waals surface area (Å²) in [4.78, 5) is 2.23. The molecule has 0 amide bonds. The van der Waals surface area contributed by atoms with Gasteiger partial charge in [-0.2, -0.15) is 0 Å². The average Bonchev–Trinajstić information content (AvgIpc) is 2.44. The van der Waals surface area contributed by atoms with Crippen molar-refractivity contribution in [3.05, 3.63) is 29.8 Å². The van der Waals surface area contributed by atoms with Crippen LogP contribution in [0.25, 0.3) is 0 Å². The number of nitrogens with zero attached hydrogens (tertiary/aromatic N) is 1. The third kappa shape index (κ3) is 6.77. The first kappa shape index (κ1) is 18.9. The summed E-state index contributed by atoms with van der Waals surface area (Å²) in [6.07, 6.45) is -0.503. The van der Waals surface area contributed by atoms with Gasteiger partial charge in [0.1, 0.15) is 5.75 Å². The maximum Gasteiger partial charge on any atom is 0.123 e. The molecular formula is C18H31NO3. The molecule has 0 heterocycles. The van der Waals surface area contributed by atoms with Crippen LogP contribution >= 0.6 is 0 Å². The fraction of sp³-hybridized carbons (Fsp3) is 0.667. The highest BCUT2D eigenvalue weighted by Crippen LogP contribution is 2.20. The molecule has 0 aromatic heterocycles. The Labute approximate surface area is 135 Å². The van der Waals surface area contributed by atoms with Gasteiger partial charge in [-0.25, -0.2) is 0 Å². The molecule has 0 saturated carbocycles. The zero-order valence-corrected chi connectivity index (χ0v) is 14.8. The second-order valence-corrected chi connectivity index (χ2v) is 6.91. The SMILES string of the molecule is COc1ccccc1CN(C[C@H](O)COC(C)(C)C)C(C)C. The highest BCUT2D eigenvalue weighted by atomic mass is 16.5. The Morgan fingerprint density at radius 3 is 2.36 bits per heavy atom. The van der Waals surface area contributed by atoms with E-state index in [1.165, 1.54) is 0 Å². The molecule has 4 heteroatoms. The summed E-state index contributed by atoms with van der Waals surface area (Å²) in [5.41, 5.74) is 0.898. The number of aliphatic hydroxyl groups excluding tert-OH is 1. The lowest BCUT2D eigenvalue weighted by Crippen LogP contribution is -2.40. The van der Waals surface area contributed by atoms with Crippen LogP contribution in [-0.2, 0) is 11.3 Å². The van der Waals surface area contributed by atoms with Gasteiger partial charge in [-0.3, -0.25) is 4.90 Å². The number of benzene rings is 1. The molecule has 0 aliphatic heterocycles. The first-order valence-corrected chi connectivity index (χ1v) is 7.91. The van der Waals surface area contributed by atoms with Crippen LogP contribution in [0.3, 0.4) is 0 Å². The maximum absolute atomic E-state index is 10.2. The van der Waals surface area contributed by atoms with Crippen molar-refractivity contribution in [3.63, 3.8) is 0 Å². The van der Waals surface area contributed by atoms with Crippen LogP contribution < -0.4 is 4.74 Å². The summed E-state index contributed by atoms with van der Waals surface area (Å²) < 4.78 is 11.1. The molecule has 1 aromatic carbocycles. The van der Waals surface area contributed by atoms with Crippen LogP contribution in [-0.4, -0.2) is 48.0 Å². The molecule has 4 nitrogen and oxygen atoms in total.